The van der Waals surface area contributed by atoms with Gasteiger partial charge in [-0.2, -0.15) is 0 Å². The Morgan fingerprint density at radius 3 is 1.64 bits per heavy atom. The molecular formula is C9H16O5. The van der Waals surface area contributed by atoms with Crippen LogP contribution in [0.1, 0.15) is 39.0 Å². The van der Waals surface area contributed by atoms with Crippen LogP contribution in [0.3, 0.4) is 0 Å². The number of aliphatic carboxylic acids is 2. The number of carboxylic acid groups (broad SMARTS) is 2. The van der Waals surface area contributed by atoms with E-state index in [-0.39, 0.29) is 0 Å². The lowest BCUT2D eigenvalue weighted by molar-refractivity contribution is -0.161. The SMILES string of the molecule is CC(=O)O.O=C(O)C1(O)CCCCC1. The van der Waals surface area contributed by atoms with Gasteiger partial charge in [0.25, 0.3) is 5.97 Å². The fraction of sp³-hybridized carbons (Fsp3) is 0.778. The van der Waals surface area contributed by atoms with Crippen molar-refractivity contribution in [1.29, 1.82) is 0 Å². The number of hydrogen-bond acceptors (Lipinski definition) is 3. The minimum Gasteiger partial charge on any atom is -0.481 e. The van der Waals surface area contributed by atoms with E-state index in [9.17, 15) is 9.90 Å². The van der Waals surface area contributed by atoms with Gasteiger partial charge >= 0.3 is 5.97 Å². The quantitative estimate of drug-likeness (QED) is 0.588. The molecule has 0 aromatic rings. The lowest BCUT2D eigenvalue weighted by Crippen LogP contribution is -2.40. The van der Waals surface area contributed by atoms with Gasteiger partial charge in [-0.05, 0) is 25.7 Å². The van der Waals surface area contributed by atoms with Crippen LogP contribution >= 0.6 is 0 Å². The molecule has 0 atom stereocenters. The molecule has 0 spiro atoms. The zero-order valence-electron chi connectivity index (χ0n) is 8.19. The first-order valence-electron chi connectivity index (χ1n) is 4.54. The average molecular weight is 204 g/mol. The van der Waals surface area contributed by atoms with E-state index in [0.29, 0.717) is 12.8 Å². The van der Waals surface area contributed by atoms with Crippen LogP contribution in [0.4, 0.5) is 0 Å². The van der Waals surface area contributed by atoms with Crippen molar-refractivity contribution in [2.75, 3.05) is 0 Å². The fourth-order valence-corrected chi connectivity index (χ4v) is 1.35. The van der Waals surface area contributed by atoms with Crippen LogP contribution in [0, 0.1) is 0 Å². The summed E-state index contributed by atoms with van der Waals surface area (Å²) in [4.78, 5) is 19.4. The van der Waals surface area contributed by atoms with Gasteiger partial charge in [0, 0.05) is 6.92 Å². The van der Waals surface area contributed by atoms with E-state index in [4.69, 9.17) is 15.0 Å². The Kier molecular flexibility index (Phi) is 5.15. The first-order chi connectivity index (χ1) is 6.38. The lowest BCUT2D eigenvalue weighted by Gasteiger charge is -2.27. The second kappa shape index (κ2) is 5.59. The summed E-state index contributed by atoms with van der Waals surface area (Å²) in [7, 11) is 0. The molecule has 1 rings (SSSR count). The van der Waals surface area contributed by atoms with E-state index in [2.05, 4.69) is 0 Å². The molecular weight excluding hydrogens is 188 g/mol. The topological polar surface area (TPSA) is 94.8 Å². The standard InChI is InChI=1S/C7H12O3.C2H4O2/c8-6(9)7(10)4-2-1-3-5-7;1-2(3)4/h10H,1-5H2,(H,8,9);1H3,(H,3,4). The second-order valence-electron chi connectivity index (χ2n) is 3.42. The largest absolute Gasteiger partial charge is 0.481 e. The van der Waals surface area contributed by atoms with Gasteiger partial charge in [0.1, 0.15) is 0 Å². The molecule has 5 heteroatoms. The van der Waals surface area contributed by atoms with E-state index in [1.807, 2.05) is 0 Å². The van der Waals surface area contributed by atoms with E-state index in [0.717, 1.165) is 26.2 Å². The predicted molar refractivity (Wildman–Crippen MR) is 49.0 cm³/mol. The highest BCUT2D eigenvalue weighted by molar-refractivity contribution is 5.77. The predicted octanol–water partition coefficient (Wildman–Crippen LogP) is 0.857. The van der Waals surface area contributed by atoms with E-state index < -0.39 is 17.5 Å². The van der Waals surface area contributed by atoms with Crippen molar-refractivity contribution in [2.24, 2.45) is 0 Å². The monoisotopic (exact) mass is 204 g/mol. The number of carbonyl (C=O) groups is 2. The van der Waals surface area contributed by atoms with E-state index in [1.165, 1.54) is 0 Å². The highest BCUT2D eigenvalue weighted by Crippen LogP contribution is 2.27. The highest BCUT2D eigenvalue weighted by atomic mass is 16.4. The number of rotatable bonds is 1. The molecule has 82 valence electrons. The smallest absolute Gasteiger partial charge is 0.335 e. The van der Waals surface area contributed by atoms with Crippen molar-refractivity contribution < 1.29 is 24.9 Å². The Morgan fingerprint density at radius 1 is 1.07 bits per heavy atom. The van der Waals surface area contributed by atoms with Gasteiger partial charge in [-0.1, -0.05) is 6.42 Å². The van der Waals surface area contributed by atoms with Crippen molar-refractivity contribution in [1.82, 2.24) is 0 Å². The van der Waals surface area contributed by atoms with E-state index in [1.54, 1.807) is 0 Å². The molecule has 1 aliphatic rings. The summed E-state index contributed by atoms with van der Waals surface area (Å²) in [6.45, 7) is 1.08. The third kappa shape index (κ3) is 4.81. The van der Waals surface area contributed by atoms with Crippen LogP contribution in [0.5, 0.6) is 0 Å². The van der Waals surface area contributed by atoms with Gasteiger partial charge < -0.3 is 15.3 Å². The van der Waals surface area contributed by atoms with Crippen molar-refractivity contribution in [2.45, 2.75) is 44.6 Å². The molecule has 0 aromatic carbocycles. The van der Waals surface area contributed by atoms with Gasteiger partial charge in [-0.15, -0.1) is 0 Å². The van der Waals surface area contributed by atoms with Crippen LogP contribution in [0.25, 0.3) is 0 Å². The van der Waals surface area contributed by atoms with Crippen molar-refractivity contribution >= 4 is 11.9 Å². The Balaban J connectivity index is 0.000000364. The molecule has 0 amide bonds. The second-order valence-corrected chi connectivity index (χ2v) is 3.42. The maximum Gasteiger partial charge on any atom is 0.335 e. The summed E-state index contributed by atoms with van der Waals surface area (Å²) in [5.41, 5.74) is -1.40. The number of hydrogen-bond donors (Lipinski definition) is 3. The maximum absolute atomic E-state index is 10.4. The zero-order chi connectivity index (χ0) is 11.2. The first-order valence-corrected chi connectivity index (χ1v) is 4.54. The molecule has 0 aromatic heterocycles. The van der Waals surface area contributed by atoms with Gasteiger partial charge in [-0.3, -0.25) is 4.79 Å². The van der Waals surface area contributed by atoms with Gasteiger partial charge in [0.15, 0.2) is 5.60 Å². The zero-order valence-corrected chi connectivity index (χ0v) is 8.19. The molecule has 0 bridgehead atoms. The summed E-state index contributed by atoms with van der Waals surface area (Å²) < 4.78 is 0. The molecule has 3 N–H and O–H groups in total. The van der Waals surface area contributed by atoms with Crippen molar-refractivity contribution in [3.8, 4) is 0 Å². The molecule has 0 saturated heterocycles. The minimum atomic E-state index is -1.40. The van der Waals surface area contributed by atoms with Crippen LogP contribution in [-0.4, -0.2) is 32.9 Å². The van der Waals surface area contributed by atoms with Gasteiger partial charge in [0.2, 0.25) is 0 Å². The van der Waals surface area contributed by atoms with Crippen LogP contribution in [0.2, 0.25) is 0 Å². The third-order valence-electron chi connectivity index (χ3n) is 2.08. The summed E-state index contributed by atoms with van der Waals surface area (Å²) in [5.74, 6) is -1.90. The summed E-state index contributed by atoms with van der Waals surface area (Å²) in [5, 5.41) is 25.3. The molecule has 1 fully saturated rings. The lowest BCUT2D eigenvalue weighted by atomic mass is 9.85. The van der Waals surface area contributed by atoms with Gasteiger partial charge in [-0.25, -0.2) is 4.79 Å². The Hall–Kier alpha value is -1.10. The normalized spacial score (nSPS) is 19.0. The summed E-state index contributed by atoms with van der Waals surface area (Å²) in [6, 6.07) is 0. The Bertz CT molecular complexity index is 201. The van der Waals surface area contributed by atoms with Crippen molar-refractivity contribution in [3.63, 3.8) is 0 Å². The molecule has 0 radical (unpaired) electrons. The van der Waals surface area contributed by atoms with Crippen molar-refractivity contribution in [3.05, 3.63) is 0 Å². The fourth-order valence-electron chi connectivity index (χ4n) is 1.35. The molecule has 0 heterocycles. The maximum atomic E-state index is 10.4. The Labute approximate surface area is 82.4 Å². The molecule has 5 nitrogen and oxygen atoms in total. The average Bonchev–Trinajstić information content (AvgIpc) is 2.04. The minimum absolute atomic E-state index is 0.419. The van der Waals surface area contributed by atoms with Crippen LogP contribution < -0.4 is 0 Å². The third-order valence-corrected chi connectivity index (χ3v) is 2.08. The Morgan fingerprint density at radius 2 is 1.43 bits per heavy atom. The summed E-state index contributed by atoms with van der Waals surface area (Å²) >= 11 is 0. The molecule has 1 saturated carbocycles. The van der Waals surface area contributed by atoms with Crippen LogP contribution in [0.15, 0.2) is 0 Å². The summed E-state index contributed by atoms with van der Waals surface area (Å²) in [6.07, 6.45) is 3.56. The molecule has 0 unspecified atom stereocenters. The van der Waals surface area contributed by atoms with E-state index >= 15 is 0 Å². The number of carboxylic acids is 2. The molecule has 1 aliphatic carbocycles. The molecule has 0 aliphatic heterocycles. The first kappa shape index (κ1) is 12.9. The molecule has 14 heavy (non-hydrogen) atoms. The number of aliphatic hydroxyl groups is 1. The van der Waals surface area contributed by atoms with Crippen LogP contribution in [-0.2, 0) is 9.59 Å². The van der Waals surface area contributed by atoms with Gasteiger partial charge in [0.05, 0.1) is 0 Å². The highest BCUT2D eigenvalue weighted by Gasteiger charge is 2.36.